The summed E-state index contributed by atoms with van der Waals surface area (Å²) in [5, 5.41) is 13.3. The van der Waals surface area contributed by atoms with Gasteiger partial charge in [-0.05, 0) is 18.9 Å². The summed E-state index contributed by atoms with van der Waals surface area (Å²) < 4.78 is 31.7. The van der Waals surface area contributed by atoms with Crippen LogP contribution in [0, 0.1) is 0 Å². The van der Waals surface area contributed by atoms with Crippen molar-refractivity contribution in [2.24, 2.45) is 0 Å². The zero-order chi connectivity index (χ0) is 24.4. The molecule has 3 rings (SSSR count). The number of aromatic nitrogens is 1. The second kappa shape index (κ2) is 12.4. The number of anilines is 2. The van der Waals surface area contributed by atoms with Crippen molar-refractivity contribution in [1.29, 1.82) is 0 Å². The molecule has 12 heteroatoms. The first-order valence-corrected chi connectivity index (χ1v) is 11.0. The minimum absolute atomic E-state index is 0.0283. The minimum Gasteiger partial charge on any atom is -0.475 e. The number of pyridine rings is 1. The number of nitrogens with one attached hydrogen (secondary N) is 2. The number of piperazine rings is 1. The number of carbonyl (C=O) groups is 3. The van der Waals surface area contributed by atoms with E-state index in [1.54, 1.807) is 19.2 Å². The minimum atomic E-state index is -5.08. The third kappa shape index (κ3) is 8.19. The van der Waals surface area contributed by atoms with Crippen LogP contribution in [0.15, 0.2) is 12.3 Å². The highest BCUT2D eigenvalue weighted by Gasteiger charge is 2.38. The molecule has 2 fully saturated rings. The number of halogens is 3. The van der Waals surface area contributed by atoms with Gasteiger partial charge in [-0.2, -0.15) is 13.2 Å². The Labute approximate surface area is 190 Å². The van der Waals surface area contributed by atoms with Gasteiger partial charge in [0.1, 0.15) is 5.82 Å². The third-order valence-electron chi connectivity index (χ3n) is 5.25. The number of alkyl halides is 3. The van der Waals surface area contributed by atoms with Gasteiger partial charge >= 0.3 is 12.1 Å². The van der Waals surface area contributed by atoms with E-state index in [0.29, 0.717) is 17.7 Å². The molecule has 0 atom stereocenters. The number of amides is 2. The van der Waals surface area contributed by atoms with Crippen molar-refractivity contribution < 1.29 is 32.7 Å². The molecule has 0 aliphatic carbocycles. The Bertz CT molecular complexity index is 821. The summed E-state index contributed by atoms with van der Waals surface area (Å²) in [7, 11) is 0. The van der Waals surface area contributed by atoms with Crippen molar-refractivity contribution in [3.05, 3.63) is 17.8 Å². The number of rotatable bonds is 4. The predicted molar refractivity (Wildman–Crippen MR) is 116 cm³/mol. The van der Waals surface area contributed by atoms with Crippen LogP contribution in [0.1, 0.15) is 49.4 Å². The first kappa shape index (κ1) is 26.4. The molecule has 0 radical (unpaired) electrons. The largest absolute Gasteiger partial charge is 0.490 e. The topological polar surface area (TPSA) is 115 Å². The van der Waals surface area contributed by atoms with Crippen LogP contribution < -0.4 is 15.5 Å². The molecule has 33 heavy (non-hydrogen) atoms. The molecular formula is C21H30F3N5O4. The fourth-order valence-electron chi connectivity index (χ4n) is 3.51. The summed E-state index contributed by atoms with van der Waals surface area (Å²) in [5.41, 5.74) is 1.19. The molecule has 2 aliphatic rings. The van der Waals surface area contributed by atoms with Crippen LogP contribution in [0.4, 0.5) is 24.7 Å². The summed E-state index contributed by atoms with van der Waals surface area (Å²) in [6.07, 6.45) is 1.43. The number of hydrogen-bond donors (Lipinski definition) is 3. The van der Waals surface area contributed by atoms with Crippen LogP contribution in [0.2, 0.25) is 0 Å². The molecule has 0 spiro atoms. The fourth-order valence-corrected chi connectivity index (χ4v) is 3.51. The zero-order valence-corrected chi connectivity index (χ0v) is 18.6. The Morgan fingerprint density at radius 2 is 1.67 bits per heavy atom. The lowest BCUT2D eigenvalue weighted by Gasteiger charge is -2.31. The Hall–Kier alpha value is -2.89. The standard InChI is InChI=1S/C19H29N5O2.C2HF3O2/c1-2-17(25)22-15-13-16(19(26)24-9-5-3-4-6-10-24)18(21-14-15)23-11-7-20-8-12-23;3-2(4,5)1(6)7/h13-14,20H,2-12H2,1H3,(H,22,25);(H,6,7). The van der Waals surface area contributed by atoms with Gasteiger partial charge < -0.3 is 25.5 Å². The van der Waals surface area contributed by atoms with Crippen LogP contribution >= 0.6 is 0 Å². The molecule has 2 saturated heterocycles. The maximum Gasteiger partial charge on any atom is 0.490 e. The lowest BCUT2D eigenvalue weighted by atomic mass is 10.1. The summed E-state index contributed by atoms with van der Waals surface area (Å²) >= 11 is 0. The van der Waals surface area contributed by atoms with Gasteiger partial charge in [0, 0.05) is 45.7 Å². The summed E-state index contributed by atoms with van der Waals surface area (Å²) in [4.78, 5) is 42.6. The maximum atomic E-state index is 13.3. The van der Waals surface area contributed by atoms with Crippen LogP contribution in [-0.4, -0.2) is 78.2 Å². The maximum absolute atomic E-state index is 13.3. The average Bonchev–Trinajstić information content (AvgIpc) is 3.08. The number of carbonyl (C=O) groups excluding carboxylic acids is 2. The molecule has 3 N–H and O–H groups in total. The number of hydrogen-bond acceptors (Lipinski definition) is 6. The van der Waals surface area contributed by atoms with Gasteiger partial charge in [-0.1, -0.05) is 19.8 Å². The molecule has 2 aliphatic heterocycles. The Balaban J connectivity index is 0.000000479. The molecule has 1 aromatic rings. The summed E-state index contributed by atoms with van der Waals surface area (Å²) in [5.74, 6) is -2.07. The monoisotopic (exact) mass is 473 g/mol. The van der Waals surface area contributed by atoms with Crippen molar-refractivity contribution in [1.82, 2.24) is 15.2 Å². The predicted octanol–water partition coefficient (Wildman–Crippen LogP) is 2.49. The van der Waals surface area contributed by atoms with E-state index in [0.717, 1.165) is 57.9 Å². The lowest BCUT2D eigenvalue weighted by molar-refractivity contribution is -0.192. The van der Waals surface area contributed by atoms with Gasteiger partial charge in [-0.3, -0.25) is 9.59 Å². The van der Waals surface area contributed by atoms with Gasteiger partial charge in [0.05, 0.1) is 17.4 Å². The lowest BCUT2D eigenvalue weighted by Crippen LogP contribution is -2.45. The second-order valence-corrected chi connectivity index (χ2v) is 7.74. The summed E-state index contributed by atoms with van der Waals surface area (Å²) in [6, 6.07) is 1.80. The first-order valence-electron chi connectivity index (χ1n) is 11.0. The average molecular weight is 473 g/mol. The van der Waals surface area contributed by atoms with Crippen molar-refractivity contribution >= 4 is 29.3 Å². The number of nitrogens with zero attached hydrogens (tertiary/aromatic N) is 3. The molecule has 0 bridgehead atoms. The molecule has 184 valence electrons. The van der Waals surface area contributed by atoms with Gasteiger partial charge in [0.15, 0.2) is 0 Å². The highest BCUT2D eigenvalue weighted by atomic mass is 19.4. The van der Waals surface area contributed by atoms with Crippen LogP contribution in [0.25, 0.3) is 0 Å². The molecule has 0 aromatic carbocycles. The number of carboxylic acids is 1. The molecule has 1 aromatic heterocycles. The molecule has 0 unspecified atom stereocenters. The van der Waals surface area contributed by atoms with Gasteiger partial charge in [0.2, 0.25) is 5.91 Å². The van der Waals surface area contributed by atoms with Gasteiger partial charge in [-0.25, -0.2) is 9.78 Å². The molecule has 3 heterocycles. The molecule has 9 nitrogen and oxygen atoms in total. The van der Waals surface area contributed by atoms with Crippen molar-refractivity contribution in [3.63, 3.8) is 0 Å². The highest BCUT2D eigenvalue weighted by Crippen LogP contribution is 2.25. The van der Waals surface area contributed by atoms with Crippen molar-refractivity contribution in [3.8, 4) is 0 Å². The van der Waals surface area contributed by atoms with E-state index in [1.165, 1.54) is 12.8 Å². The SMILES string of the molecule is CCC(=O)Nc1cnc(N2CCNCC2)c(C(=O)N2CCCCCC2)c1.O=C(O)C(F)(F)F. The Kier molecular flexibility index (Phi) is 9.89. The Morgan fingerprint density at radius 3 is 2.18 bits per heavy atom. The second-order valence-electron chi connectivity index (χ2n) is 7.74. The van der Waals surface area contributed by atoms with Crippen LogP contribution in [-0.2, 0) is 9.59 Å². The molecule has 2 amide bonds. The van der Waals surface area contributed by atoms with Crippen LogP contribution in [0.5, 0.6) is 0 Å². The van der Waals surface area contributed by atoms with E-state index in [1.807, 2.05) is 4.90 Å². The number of carboxylic acid groups (broad SMARTS) is 1. The number of aliphatic carboxylic acids is 1. The quantitative estimate of drug-likeness (QED) is 0.616. The van der Waals surface area contributed by atoms with Gasteiger partial charge in [0.25, 0.3) is 5.91 Å². The van der Waals surface area contributed by atoms with Crippen LogP contribution in [0.3, 0.4) is 0 Å². The normalized spacial score (nSPS) is 16.8. The third-order valence-corrected chi connectivity index (χ3v) is 5.25. The van der Waals surface area contributed by atoms with E-state index in [9.17, 15) is 22.8 Å². The number of likely N-dealkylation sites (tertiary alicyclic amines) is 1. The zero-order valence-electron chi connectivity index (χ0n) is 18.6. The molecular weight excluding hydrogens is 443 g/mol. The van der Waals surface area contributed by atoms with Gasteiger partial charge in [-0.15, -0.1) is 0 Å². The molecule has 0 saturated carbocycles. The van der Waals surface area contributed by atoms with Crippen molar-refractivity contribution in [2.45, 2.75) is 45.2 Å². The van der Waals surface area contributed by atoms with E-state index < -0.39 is 12.1 Å². The van der Waals surface area contributed by atoms with E-state index in [-0.39, 0.29) is 11.8 Å². The van der Waals surface area contributed by atoms with E-state index in [4.69, 9.17) is 9.90 Å². The highest BCUT2D eigenvalue weighted by molar-refractivity contribution is 6.01. The van der Waals surface area contributed by atoms with E-state index in [2.05, 4.69) is 20.5 Å². The smallest absolute Gasteiger partial charge is 0.475 e. The fraction of sp³-hybridized carbons (Fsp3) is 0.619. The summed E-state index contributed by atoms with van der Waals surface area (Å²) in [6.45, 7) is 6.82. The van der Waals surface area contributed by atoms with Crippen molar-refractivity contribution in [2.75, 3.05) is 49.5 Å². The Morgan fingerprint density at radius 1 is 1.09 bits per heavy atom. The van der Waals surface area contributed by atoms with E-state index >= 15 is 0 Å². The first-order chi connectivity index (χ1) is 15.6.